The number of benzene rings is 3. The van der Waals surface area contributed by atoms with Crippen molar-refractivity contribution in [3.05, 3.63) is 85.6 Å². The number of ether oxygens (including phenoxy) is 3. The third-order valence-corrected chi connectivity index (χ3v) is 10.4. The van der Waals surface area contributed by atoms with Crippen molar-refractivity contribution in [1.82, 2.24) is 29.5 Å². The van der Waals surface area contributed by atoms with Crippen molar-refractivity contribution in [2.45, 2.75) is 84.6 Å². The Hall–Kier alpha value is -4.65. The quantitative estimate of drug-likeness (QED) is 0.181. The zero-order valence-corrected chi connectivity index (χ0v) is 31.9. The molecule has 0 radical (unpaired) electrons. The maximum Gasteiger partial charge on any atom is 0.410 e. The summed E-state index contributed by atoms with van der Waals surface area (Å²) in [6.07, 6.45) is 4.11. The fraction of sp³-hybridized carbons (Fsp3) is 0.450. The monoisotopic (exact) mass is 742 g/mol. The molecule has 2 aromatic heterocycles. The highest BCUT2D eigenvalue weighted by Gasteiger charge is 2.32. The maximum absolute atomic E-state index is 13.9. The minimum absolute atomic E-state index is 0.00575. The Balaban J connectivity index is 1.45. The Kier molecular flexibility index (Phi) is 10.1. The Morgan fingerprint density at radius 2 is 1.91 bits per heavy atom. The molecule has 12 nitrogen and oxygen atoms in total. The van der Waals surface area contributed by atoms with Crippen molar-refractivity contribution in [3.8, 4) is 22.6 Å². The fourth-order valence-electron chi connectivity index (χ4n) is 7.46. The van der Waals surface area contributed by atoms with Crippen molar-refractivity contribution in [3.63, 3.8) is 0 Å². The van der Waals surface area contributed by atoms with Gasteiger partial charge in [-0.25, -0.2) is 14.3 Å². The summed E-state index contributed by atoms with van der Waals surface area (Å²) >= 11 is 7.41. The summed E-state index contributed by atoms with van der Waals surface area (Å²) in [6.45, 7) is 13.7. The van der Waals surface area contributed by atoms with E-state index in [-0.39, 0.29) is 34.9 Å². The number of piperazine rings is 1. The highest BCUT2D eigenvalue weighted by molar-refractivity contribution is 6.36. The molecular formula is C40H47ClN6O6. The first kappa shape index (κ1) is 36.7. The van der Waals surface area contributed by atoms with Gasteiger partial charge in [-0.2, -0.15) is 5.10 Å². The molecule has 2 unspecified atom stereocenters. The average molecular weight is 743 g/mol. The van der Waals surface area contributed by atoms with Gasteiger partial charge in [-0.15, -0.1) is 0 Å². The van der Waals surface area contributed by atoms with Gasteiger partial charge in [0.2, 0.25) is 0 Å². The van der Waals surface area contributed by atoms with Gasteiger partial charge in [0.15, 0.2) is 12.0 Å². The molecule has 2 atom stereocenters. The molecule has 2 aliphatic rings. The third kappa shape index (κ3) is 7.07. The van der Waals surface area contributed by atoms with E-state index in [9.17, 15) is 14.4 Å². The van der Waals surface area contributed by atoms with Gasteiger partial charge in [0.05, 0.1) is 34.0 Å². The van der Waals surface area contributed by atoms with E-state index in [4.69, 9.17) is 30.9 Å². The second-order valence-electron chi connectivity index (χ2n) is 15.2. The van der Waals surface area contributed by atoms with Gasteiger partial charge < -0.3 is 19.5 Å². The number of para-hydroxylation sites is 1. The number of aromatic amines is 1. The Morgan fingerprint density at radius 1 is 1.11 bits per heavy atom. The van der Waals surface area contributed by atoms with Crippen molar-refractivity contribution < 1.29 is 19.0 Å². The van der Waals surface area contributed by atoms with Gasteiger partial charge in [0, 0.05) is 37.2 Å². The molecule has 2 fully saturated rings. The topological polar surface area (TPSA) is 133 Å². The molecule has 2 saturated heterocycles. The first-order valence-electron chi connectivity index (χ1n) is 18.4. The number of nitrogens with one attached hydrogen (secondary N) is 2. The Morgan fingerprint density at radius 3 is 2.64 bits per heavy atom. The molecule has 0 aliphatic carbocycles. The van der Waals surface area contributed by atoms with E-state index < -0.39 is 29.0 Å². The van der Waals surface area contributed by atoms with E-state index in [1.54, 1.807) is 4.90 Å². The molecule has 1 amide bonds. The predicted molar refractivity (Wildman–Crippen MR) is 207 cm³/mol. The van der Waals surface area contributed by atoms with Gasteiger partial charge in [0.1, 0.15) is 17.6 Å². The smallest absolute Gasteiger partial charge is 0.410 e. The minimum atomic E-state index is -0.680. The average Bonchev–Trinajstić information content (AvgIpc) is 3.55. The lowest BCUT2D eigenvalue weighted by Gasteiger charge is -2.37. The van der Waals surface area contributed by atoms with E-state index >= 15 is 0 Å². The normalized spacial score (nSPS) is 18.2. The van der Waals surface area contributed by atoms with Crippen molar-refractivity contribution in [2.24, 2.45) is 0 Å². The summed E-state index contributed by atoms with van der Waals surface area (Å²) in [7, 11) is 0. The highest BCUT2D eigenvalue weighted by Crippen LogP contribution is 2.45. The summed E-state index contributed by atoms with van der Waals surface area (Å²) in [6, 6.07) is 13.1. The van der Waals surface area contributed by atoms with E-state index in [0.29, 0.717) is 43.0 Å². The van der Waals surface area contributed by atoms with Crippen LogP contribution in [0.3, 0.4) is 0 Å². The number of rotatable bonds is 7. The fourth-order valence-corrected chi connectivity index (χ4v) is 7.76. The van der Waals surface area contributed by atoms with Gasteiger partial charge in [-0.3, -0.25) is 19.2 Å². The molecule has 5 aromatic rings. The lowest BCUT2D eigenvalue weighted by molar-refractivity contribution is -0.0366. The molecule has 53 heavy (non-hydrogen) atoms. The molecule has 4 heterocycles. The van der Waals surface area contributed by atoms with Gasteiger partial charge >= 0.3 is 11.8 Å². The van der Waals surface area contributed by atoms with E-state index in [2.05, 4.69) is 24.1 Å². The molecule has 0 bridgehead atoms. The number of hydrogen-bond acceptors (Lipinski definition) is 8. The lowest BCUT2D eigenvalue weighted by Crippen LogP contribution is -2.56. The number of H-pyrrole nitrogens is 1. The van der Waals surface area contributed by atoms with Crippen LogP contribution < -0.4 is 21.3 Å². The molecule has 2 N–H and O–H groups in total. The summed E-state index contributed by atoms with van der Waals surface area (Å²) in [5.41, 5.74) is 3.18. The van der Waals surface area contributed by atoms with Gasteiger partial charge in [-0.05, 0) is 87.8 Å². The van der Waals surface area contributed by atoms with Gasteiger partial charge in [0.25, 0.3) is 5.56 Å². The minimum Gasteiger partial charge on any atom is -0.489 e. The van der Waals surface area contributed by atoms with E-state index in [0.717, 1.165) is 46.9 Å². The lowest BCUT2D eigenvalue weighted by atomic mass is 9.95. The first-order chi connectivity index (χ1) is 25.3. The molecule has 3 aromatic carbocycles. The summed E-state index contributed by atoms with van der Waals surface area (Å²) in [5.74, 6) is 0.189. The van der Waals surface area contributed by atoms with Crippen LogP contribution >= 0.6 is 11.6 Å². The summed E-state index contributed by atoms with van der Waals surface area (Å²) in [4.78, 5) is 45.3. The number of nitrogens with zero attached hydrogens (tertiary/aromatic N) is 4. The third-order valence-electron chi connectivity index (χ3n) is 9.98. The zero-order chi connectivity index (χ0) is 37.6. The van der Waals surface area contributed by atoms with Gasteiger partial charge in [-0.1, -0.05) is 49.7 Å². The largest absolute Gasteiger partial charge is 0.489 e. The summed E-state index contributed by atoms with van der Waals surface area (Å²) in [5, 5.41) is 9.30. The van der Waals surface area contributed by atoms with E-state index in [1.807, 2.05) is 81.0 Å². The number of carbonyl (C=O) groups is 1. The van der Waals surface area contributed by atoms with Crippen LogP contribution in [0.15, 0.2) is 58.3 Å². The number of aryl methyl sites for hydroxylation is 1. The number of hydrogen-bond donors (Lipinski definition) is 2. The molecular weight excluding hydrogens is 696 g/mol. The predicted octanol–water partition coefficient (Wildman–Crippen LogP) is 7.07. The number of halogens is 1. The van der Waals surface area contributed by atoms with Crippen molar-refractivity contribution in [1.29, 1.82) is 0 Å². The number of carbonyl (C=O) groups excluding carboxylic acids is 1. The van der Waals surface area contributed by atoms with Crippen LogP contribution in [0, 0.1) is 6.92 Å². The SMILES string of the molecule is Cc1ccc2c(cnn2C2CCCCO2)c1-c1cc2c(c(OCC3CNCCN3C(=O)OC(C)(C)C)c1Cl)c(=O)[nH]c(=O)n2-c1ccccc1C(C)C. The molecule has 0 spiro atoms. The van der Waals surface area contributed by atoms with Crippen LogP contribution in [0.5, 0.6) is 5.75 Å². The number of aromatic nitrogens is 4. The highest BCUT2D eigenvalue weighted by atomic mass is 35.5. The van der Waals surface area contributed by atoms with Crippen molar-refractivity contribution >= 4 is 39.5 Å². The second kappa shape index (κ2) is 14.6. The molecule has 280 valence electrons. The molecule has 13 heteroatoms. The van der Waals surface area contributed by atoms with Crippen LogP contribution in [0.2, 0.25) is 5.02 Å². The van der Waals surface area contributed by atoms with Crippen LogP contribution in [0.25, 0.3) is 38.6 Å². The summed E-state index contributed by atoms with van der Waals surface area (Å²) < 4.78 is 21.9. The van der Waals surface area contributed by atoms with Crippen molar-refractivity contribution in [2.75, 3.05) is 32.8 Å². The number of fused-ring (bicyclic) bond motifs is 2. The molecule has 7 rings (SSSR count). The van der Waals surface area contributed by atoms with Crippen LogP contribution in [-0.2, 0) is 9.47 Å². The Bertz CT molecular complexity index is 2300. The van der Waals surface area contributed by atoms with Crippen LogP contribution in [-0.4, -0.2) is 74.8 Å². The second-order valence-corrected chi connectivity index (χ2v) is 15.6. The maximum atomic E-state index is 13.9. The van der Waals surface area contributed by atoms with E-state index in [1.165, 1.54) is 4.57 Å². The van der Waals surface area contributed by atoms with Crippen LogP contribution in [0.1, 0.15) is 77.2 Å². The molecule has 2 aliphatic heterocycles. The zero-order valence-electron chi connectivity index (χ0n) is 31.1. The number of amides is 1. The first-order valence-corrected chi connectivity index (χ1v) is 18.7. The standard InChI is InChI=1S/C40H47ClN6O6/c1-23(2)26-11-7-8-12-29(26)46-31-19-27(33-24(3)14-15-30-28(33)21-43-47(30)32-13-9-10-18-51-32)35(41)36(34(31)37(48)44-38(46)49)52-22-25-20-42-16-17-45(25)39(50)53-40(4,5)6/h7-8,11-12,14-15,19,21,23,25,32,42H,9-10,13,16-18,20,22H2,1-6H3,(H,44,48,49). The van der Waals surface area contributed by atoms with Crippen LogP contribution in [0.4, 0.5) is 4.79 Å². The Labute approximate surface area is 313 Å². The molecule has 0 saturated carbocycles.